The van der Waals surface area contributed by atoms with Crippen LogP contribution in [0, 0.1) is 0 Å². The average Bonchev–Trinajstić information content (AvgIpc) is 1.66. The van der Waals surface area contributed by atoms with E-state index in [1.54, 1.807) is 35.6 Å². The number of aromatic nitrogens is 10. The lowest BCUT2D eigenvalue weighted by atomic mass is 10.1. The van der Waals surface area contributed by atoms with Gasteiger partial charge in [0, 0.05) is 90.3 Å². The van der Waals surface area contributed by atoms with E-state index in [-0.39, 0.29) is 215 Å². The van der Waals surface area contributed by atoms with Crippen molar-refractivity contribution in [1.82, 2.24) is 79.7 Å². The topological polar surface area (TPSA) is 550 Å². The Morgan fingerprint density at radius 2 is 0.778 bits per heavy atom. The minimum atomic E-state index is -0.932. The summed E-state index contributed by atoms with van der Waals surface area (Å²) in [7, 11) is 2.47. The van der Waals surface area contributed by atoms with Crippen molar-refractivity contribution in [2.45, 2.75) is 180 Å². The lowest BCUT2D eigenvalue weighted by Gasteiger charge is -2.23. The molecule has 0 radical (unpaired) electrons. The van der Waals surface area contributed by atoms with Gasteiger partial charge in [-0.3, -0.25) is 39.4 Å². The van der Waals surface area contributed by atoms with E-state index in [0.717, 1.165) is 84.3 Å². The predicted octanol–water partition coefficient (Wildman–Crippen LogP) is 15.8. The molecule has 6 aromatic heterocycles. The maximum absolute atomic E-state index is 12.9. The summed E-state index contributed by atoms with van der Waals surface area (Å²) in [5.41, 5.74) is 34.2. The number of nitrogens with one attached hydrogen (secondary N) is 3. The number of halogens is 4. The Bertz CT molecular complexity index is 5940. The van der Waals surface area contributed by atoms with Crippen LogP contribution in [0.5, 0.6) is 0 Å². The molecule has 5 amide bonds. The number of thiazole rings is 2. The first-order valence-corrected chi connectivity index (χ1v) is 44.7. The fourth-order valence-electron chi connectivity index (χ4n) is 14.7. The van der Waals surface area contributed by atoms with E-state index < -0.39 is 84.7 Å². The Kier molecular flexibility index (Phi) is 52.9. The van der Waals surface area contributed by atoms with Crippen LogP contribution in [0.15, 0.2) is 187 Å². The number of aliphatic hydroxyl groups is 1. The number of benzene rings is 5. The quantitative estimate of drug-likeness (QED) is 0.0177. The largest absolute Gasteiger partial charge is 0.467 e. The highest BCUT2D eigenvalue weighted by Gasteiger charge is 2.46. The van der Waals surface area contributed by atoms with Crippen LogP contribution in [0.1, 0.15) is 187 Å². The van der Waals surface area contributed by atoms with Gasteiger partial charge >= 0.3 is 48.4 Å². The van der Waals surface area contributed by atoms with Gasteiger partial charge in [0.25, 0.3) is 0 Å². The highest BCUT2D eigenvalue weighted by molar-refractivity contribution is 8.93. The van der Waals surface area contributed by atoms with Crippen molar-refractivity contribution in [2.24, 2.45) is 0 Å². The summed E-state index contributed by atoms with van der Waals surface area (Å²) in [6.45, 7) is 9.47. The Labute approximate surface area is 881 Å². The molecule has 0 aliphatic carbocycles. The molecule has 7 atom stereocenters. The number of nitrogens with zero attached hydrogens (tertiary/aromatic N) is 15. The minimum Gasteiger partial charge on any atom is -0.467 e. The molecule has 41 nitrogen and oxygen atoms in total. The normalized spacial score (nSPS) is 16.0. The molecule has 0 saturated carbocycles. The number of amides is 5. The fraction of sp³-hybridized carbons (Fsp3) is 0.361. The van der Waals surface area contributed by atoms with Crippen LogP contribution >= 0.6 is 85.2 Å². The zero-order chi connectivity index (χ0) is 96.0. The number of rotatable bonds is 22. The smallest absolute Gasteiger partial charge is 0.411 e. The first-order chi connectivity index (χ1) is 65.3. The fourth-order valence-corrected chi connectivity index (χ4v) is 16.4. The predicted molar refractivity (Wildman–Crippen MR) is 563 cm³/mol. The number of β-amino-alcohol motifs (C(OH)–C–C–N with tert-alkyl or cyclic N) is 1. The van der Waals surface area contributed by atoms with Gasteiger partial charge in [-0.25, -0.2) is 88.2 Å². The van der Waals surface area contributed by atoms with Crippen LogP contribution in [-0.2, 0) is 121 Å². The molecule has 12 N–H and O–H groups in total. The Morgan fingerprint density at radius 3 is 1.19 bits per heavy atom. The molecule has 0 unspecified atom stereocenters. The maximum Gasteiger partial charge on any atom is 0.411 e. The number of aliphatic hydroxyl groups excluding tert-OH is 1. The van der Waals surface area contributed by atoms with Crippen LogP contribution in [0.4, 0.5) is 58.0 Å². The molecule has 6 aliphatic rings. The second-order valence-electron chi connectivity index (χ2n) is 30.2. The van der Waals surface area contributed by atoms with E-state index in [1.807, 2.05) is 164 Å². The van der Waals surface area contributed by atoms with Crippen LogP contribution in [0.3, 0.4) is 0 Å². The van der Waals surface area contributed by atoms with Gasteiger partial charge in [-0.15, -0.1) is 85.2 Å². The van der Waals surface area contributed by atoms with E-state index >= 15 is 0 Å². The summed E-state index contributed by atoms with van der Waals surface area (Å²) >= 11 is 8.79. The number of anilines is 6. The van der Waals surface area contributed by atoms with Crippen molar-refractivity contribution < 1.29 is 90.9 Å². The lowest BCUT2D eigenvalue weighted by Crippen LogP contribution is -2.41. The molecular formula is C97H126Br3ClN22O19S2. The van der Waals surface area contributed by atoms with E-state index in [1.165, 1.54) is 52.6 Å². The van der Waals surface area contributed by atoms with Gasteiger partial charge in [0.15, 0.2) is 27.9 Å². The molecule has 2 fully saturated rings. The summed E-state index contributed by atoms with van der Waals surface area (Å²) in [6.07, 6.45) is 2.80. The first kappa shape index (κ1) is 124. The van der Waals surface area contributed by atoms with Gasteiger partial charge in [0.05, 0.1) is 106 Å². The summed E-state index contributed by atoms with van der Waals surface area (Å²) in [4.78, 5) is 169. The van der Waals surface area contributed by atoms with Gasteiger partial charge in [-0.05, 0) is 48.6 Å². The third kappa shape index (κ3) is 33.4. The number of nitrogen functional groups attached to an aromatic ring is 4. The van der Waals surface area contributed by atoms with Crippen LogP contribution in [0.25, 0.3) is 0 Å². The highest BCUT2D eigenvalue weighted by Crippen LogP contribution is 2.41. The number of hydrogen-bond donors (Lipinski definition) is 8. The van der Waals surface area contributed by atoms with Crippen molar-refractivity contribution >= 4 is 179 Å². The zero-order valence-corrected chi connectivity index (χ0v) is 82.7. The number of methoxy groups -OCH3 is 2. The Balaban J connectivity index is 0.000000441. The van der Waals surface area contributed by atoms with Gasteiger partial charge in [-0.1, -0.05) is 196 Å². The molecule has 778 valence electrons. The van der Waals surface area contributed by atoms with Gasteiger partial charge < -0.3 is 76.6 Å². The number of esters is 3. The number of hydrogen-bond acceptors (Lipinski definition) is 38. The Hall–Kier alpha value is -13.8. The Morgan fingerprint density at radius 1 is 0.431 bits per heavy atom. The molecule has 0 bridgehead atoms. The number of ketones is 2. The molecule has 2 saturated heterocycles. The molecule has 11 aromatic rings. The number of ether oxygens (including phenoxy) is 8. The monoisotopic (exact) mass is 2240 g/mol. The average molecular weight is 2240 g/mol. The molecule has 12 heterocycles. The van der Waals surface area contributed by atoms with Crippen LogP contribution < -0.4 is 38.9 Å². The molecule has 144 heavy (non-hydrogen) atoms. The minimum absolute atomic E-state index is 0. The number of likely N-dealkylation sites (tertiary alicyclic amines) is 2. The summed E-state index contributed by atoms with van der Waals surface area (Å²) in [5.74, 6) is -1.75. The van der Waals surface area contributed by atoms with E-state index in [4.69, 9.17) is 63.0 Å². The summed E-state index contributed by atoms with van der Waals surface area (Å²) in [5, 5.41) is 25.1. The number of nitrogens with two attached hydrogens (primary N) is 4. The molecule has 6 aliphatic heterocycles. The SMILES string of the molecule is Br.Br.Br.C.C.C.C.C.C.CCNc1nc([C@@H]2NCc3nc(N)ncc32)cs1.CCNc1nc([C@H]2c3cnc(N)nc3CN2C(=O)OCc2ccccc2)cs1.CCOC(=O)[C@H]1c2cnc(N)nc2CN1C(=O)OCc1ccccc1.COC(=O)[C@H]1CC(=O)CN1C(=O)OCc1ccccc1.COC(=O)[C@H]1C[C@@H](O)CN1C(=O)OCc1ccccc1.Nc1ncc2c(n1)CN(C(=O)OCc1ccccc1)[C@H]2C(=O)CCl. The molecular weight excluding hydrogens is 2120 g/mol. The third-order valence-electron chi connectivity index (χ3n) is 21.0. The van der Waals surface area contributed by atoms with Gasteiger partial charge in [0.1, 0.15) is 57.2 Å². The van der Waals surface area contributed by atoms with Crippen molar-refractivity contribution in [1.29, 1.82) is 0 Å². The zero-order valence-electron chi connectivity index (χ0n) is 75.2. The first-order valence-electron chi connectivity index (χ1n) is 42.4. The van der Waals surface area contributed by atoms with Crippen molar-refractivity contribution in [2.75, 3.05) is 86.5 Å². The summed E-state index contributed by atoms with van der Waals surface area (Å²) < 4.78 is 40.7. The summed E-state index contributed by atoms with van der Waals surface area (Å²) in [6, 6.07) is 42.8. The number of carbonyl (C=O) groups is 10. The number of alkyl halides is 1. The molecule has 5 aromatic carbocycles. The number of fused-ring (bicyclic) bond motifs is 4. The van der Waals surface area contributed by atoms with E-state index in [0.29, 0.717) is 47.2 Å². The van der Waals surface area contributed by atoms with Crippen LogP contribution in [0.2, 0.25) is 0 Å². The highest BCUT2D eigenvalue weighted by atomic mass is 79.9. The second kappa shape index (κ2) is 61.3. The van der Waals surface area contributed by atoms with Crippen molar-refractivity contribution in [3.8, 4) is 0 Å². The standard InChI is InChI=1S/C19H20N6O2S.C17H18N4O4.C16H15ClN4O3.C14H17NO5.C14H15NO5.C11H14N6S.6CH4.3BrH/c1-2-21-18-24-15(11-28-18)16-13-8-22-17(20)23-14(13)9-25(16)19(26)27-10-12-6-4-3-5-7-12;1-2-24-15(22)14-12-8-19-16(18)20-13(12)9-21(14)17(23)25-10-11-6-4-3-5-7-11;17-6-13(22)14-11-7-19-15(18)20-12(11)8-21(14)16(23)24-9-10-4-2-1-3-5-10;2*1-19-13(17)12-7-11(16)8-15(12)14(18)20-9-10-5-3-2-4-6-10;1-2-13-11-17-8(5-18-11)9-6-3-15-10(12)16-7(6)4-14-9;;;;;;;;;/h3-8,11,16H,2,9-10H2,1H3,(H,21,24)(H2,20,22,23);3-8,14H,2,9-10H2,1H3,(H2,18,19,20);1-5,7,14H,6,8-9H2,(H2,18,19,20);2-6,11-12,16H,7-9H2,1H3;2-6,12H,7-9H2,1H3;3,5,9,14H,2,4H2,1H3,(H,13,17)(H2,12,15,16);6*1H4;3*1H/t16-;2*14-;11-,12-;12-;9-;;;;;;;;;/m111111........./s1. The third-order valence-corrected chi connectivity index (χ3v) is 22.9. The van der Waals surface area contributed by atoms with E-state index in [2.05, 4.69) is 87.6 Å². The van der Waals surface area contributed by atoms with Gasteiger partial charge in [-0.2, -0.15) is 0 Å². The molecule has 47 heteroatoms. The van der Waals surface area contributed by atoms with Gasteiger partial charge in [0.2, 0.25) is 23.8 Å². The lowest BCUT2D eigenvalue weighted by molar-refractivity contribution is -0.149. The molecule has 17 rings (SSSR count). The van der Waals surface area contributed by atoms with Crippen molar-refractivity contribution in [3.05, 3.63) is 271 Å². The van der Waals surface area contributed by atoms with E-state index in [9.17, 15) is 53.1 Å². The second-order valence-corrected chi connectivity index (χ2v) is 32.2. The number of carbonyl (C=O) groups excluding carboxylic acids is 10. The maximum atomic E-state index is 12.9. The number of Topliss-reactive ketones (excluding diaryl/α,β-unsaturated/α-hetero) is 2. The van der Waals surface area contributed by atoms with Crippen molar-refractivity contribution in [3.63, 3.8) is 0 Å². The molecule has 0 spiro atoms. The van der Waals surface area contributed by atoms with Crippen LogP contribution in [-0.4, -0.2) is 210 Å².